The molecule has 21 heavy (non-hydrogen) atoms. The van der Waals surface area contributed by atoms with E-state index in [1.165, 1.54) is 89.9 Å². The lowest BCUT2D eigenvalue weighted by molar-refractivity contribution is 0.191. The van der Waals surface area contributed by atoms with Gasteiger partial charge in [0.2, 0.25) is 0 Å². The first-order valence-corrected chi connectivity index (χ1v) is 9.33. The molecule has 0 aromatic rings. The van der Waals surface area contributed by atoms with Crippen LogP contribution < -0.4 is 0 Å². The topological polar surface area (TPSA) is 9.23 Å². The van der Waals surface area contributed by atoms with Crippen LogP contribution in [-0.2, 0) is 4.74 Å². The summed E-state index contributed by atoms with van der Waals surface area (Å²) in [6, 6.07) is 0. The van der Waals surface area contributed by atoms with Gasteiger partial charge in [-0.1, -0.05) is 77.4 Å². The highest BCUT2D eigenvalue weighted by Gasteiger charge is 2.20. The van der Waals surface area contributed by atoms with Crippen LogP contribution in [0.5, 0.6) is 0 Å². The molecule has 0 amide bonds. The van der Waals surface area contributed by atoms with Crippen molar-refractivity contribution in [3.05, 3.63) is 24.7 Å². The number of ether oxygens (including phenoxy) is 1. The average Bonchev–Trinajstić information content (AvgIpc) is 2.37. The van der Waals surface area contributed by atoms with Crippen LogP contribution >= 0.6 is 0 Å². The van der Waals surface area contributed by atoms with Crippen molar-refractivity contribution in [1.82, 2.24) is 0 Å². The summed E-state index contributed by atoms with van der Waals surface area (Å²) in [7, 11) is 0. The third-order valence-electron chi connectivity index (χ3n) is 5.38. The minimum Gasteiger partial charge on any atom is -0.467 e. The number of allylic oxidation sites excluding steroid dienone is 2. The second-order valence-corrected chi connectivity index (χ2v) is 7.12. The molecule has 1 heteroatoms. The standard InChI is InChI=1S/C20H34O/c1-17(19-13-9-5-3-6-10-14-19)21-18(2)20-15-11-7-4-8-12-16-20/h19-20H,1-16H2. The number of hydrogen-bond donors (Lipinski definition) is 0. The molecule has 0 spiro atoms. The molecular weight excluding hydrogens is 256 g/mol. The van der Waals surface area contributed by atoms with E-state index in [0.29, 0.717) is 11.8 Å². The Balaban J connectivity index is 1.80. The van der Waals surface area contributed by atoms with E-state index < -0.39 is 0 Å². The maximum atomic E-state index is 6.13. The van der Waals surface area contributed by atoms with Crippen LogP contribution in [0, 0.1) is 11.8 Å². The highest BCUT2D eigenvalue weighted by atomic mass is 16.5. The summed E-state index contributed by atoms with van der Waals surface area (Å²) in [5.41, 5.74) is 0. The zero-order valence-electron chi connectivity index (χ0n) is 13.9. The zero-order chi connectivity index (χ0) is 14.9. The molecule has 0 radical (unpaired) electrons. The Kier molecular flexibility index (Phi) is 7.39. The summed E-state index contributed by atoms with van der Waals surface area (Å²) < 4.78 is 6.13. The first-order valence-electron chi connectivity index (χ1n) is 9.33. The van der Waals surface area contributed by atoms with Gasteiger partial charge in [-0.05, 0) is 25.7 Å². The van der Waals surface area contributed by atoms with Gasteiger partial charge in [-0.15, -0.1) is 0 Å². The summed E-state index contributed by atoms with van der Waals surface area (Å²) >= 11 is 0. The van der Waals surface area contributed by atoms with Crippen molar-refractivity contribution < 1.29 is 4.74 Å². The van der Waals surface area contributed by atoms with Crippen LogP contribution in [0.2, 0.25) is 0 Å². The fraction of sp³-hybridized carbons (Fsp3) is 0.800. The van der Waals surface area contributed by atoms with Gasteiger partial charge in [-0.2, -0.15) is 0 Å². The molecule has 2 rings (SSSR count). The predicted octanol–water partition coefficient (Wildman–Crippen LogP) is 6.75. The van der Waals surface area contributed by atoms with Gasteiger partial charge in [0.05, 0.1) is 11.5 Å². The van der Waals surface area contributed by atoms with Gasteiger partial charge in [-0.3, -0.25) is 0 Å². The largest absolute Gasteiger partial charge is 0.467 e. The van der Waals surface area contributed by atoms with Gasteiger partial charge in [0.25, 0.3) is 0 Å². The lowest BCUT2D eigenvalue weighted by Crippen LogP contribution is -2.13. The minimum absolute atomic E-state index is 0.565. The highest BCUT2D eigenvalue weighted by Crippen LogP contribution is 2.33. The fourth-order valence-electron chi connectivity index (χ4n) is 3.89. The Morgan fingerprint density at radius 1 is 0.524 bits per heavy atom. The maximum Gasteiger partial charge on any atom is 0.0995 e. The van der Waals surface area contributed by atoms with Crippen molar-refractivity contribution >= 4 is 0 Å². The van der Waals surface area contributed by atoms with Crippen molar-refractivity contribution in [2.75, 3.05) is 0 Å². The predicted molar refractivity (Wildman–Crippen MR) is 91.0 cm³/mol. The van der Waals surface area contributed by atoms with Crippen LogP contribution in [0.3, 0.4) is 0 Å². The van der Waals surface area contributed by atoms with Crippen molar-refractivity contribution in [2.45, 2.75) is 89.9 Å². The van der Waals surface area contributed by atoms with Crippen LogP contribution in [0.25, 0.3) is 0 Å². The molecule has 0 N–H and O–H groups in total. The van der Waals surface area contributed by atoms with Crippen molar-refractivity contribution in [3.63, 3.8) is 0 Å². The van der Waals surface area contributed by atoms with Crippen LogP contribution in [0.15, 0.2) is 24.7 Å². The second-order valence-electron chi connectivity index (χ2n) is 7.12. The SMILES string of the molecule is C=C(OC(=C)C1CCCCCCC1)C1CCCCCCC1. The van der Waals surface area contributed by atoms with Gasteiger partial charge in [0.1, 0.15) is 0 Å². The molecule has 2 aliphatic rings. The Hall–Kier alpha value is -0.720. The lowest BCUT2D eigenvalue weighted by atomic mass is 9.89. The lowest BCUT2D eigenvalue weighted by Gasteiger charge is -2.26. The Bertz CT molecular complexity index is 283. The Morgan fingerprint density at radius 3 is 1.14 bits per heavy atom. The third-order valence-corrected chi connectivity index (χ3v) is 5.38. The van der Waals surface area contributed by atoms with E-state index in [0.717, 1.165) is 11.5 Å². The normalized spacial score (nSPS) is 23.4. The van der Waals surface area contributed by atoms with E-state index >= 15 is 0 Å². The fourth-order valence-corrected chi connectivity index (χ4v) is 3.89. The molecule has 2 aliphatic carbocycles. The monoisotopic (exact) mass is 290 g/mol. The maximum absolute atomic E-state index is 6.13. The molecule has 0 bridgehead atoms. The zero-order valence-corrected chi connectivity index (χ0v) is 13.9. The van der Waals surface area contributed by atoms with E-state index in [9.17, 15) is 0 Å². The first-order chi connectivity index (χ1) is 10.3. The van der Waals surface area contributed by atoms with Crippen molar-refractivity contribution in [2.24, 2.45) is 11.8 Å². The molecule has 0 aromatic carbocycles. The number of hydrogen-bond acceptors (Lipinski definition) is 1. The third kappa shape index (κ3) is 5.88. The van der Waals surface area contributed by atoms with Gasteiger partial charge in [0, 0.05) is 11.8 Å². The van der Waals surface area contributed by atoms with Crippen molar-refractivity contribution in [1.29, 1.82) is 0 Å². The molecular formula is C20H34O. The molecule has 0 unspecified atom stereocenters. The minimum atomic E-state index is 0.565. The van der Waals surface area contributed by atoms with E-state index in [1.807, 2.05) is 0 Å². The molecule has 120 valence electrons. The Labute approximate surface area is 131 Å². The first kappa shape index (κ1) is 16.6. The van der Waals surface area contributed by atoms with Crippen LogP contribution in [0.1, 0.15) is 89.9 Å². The molecule has 0 atom stereocenters. The van der Waals surface area contributed by atoms with E-state index in [2.05, 4.69) is 13.2 Å². The molecule has 0 aromatic heterocycles. The van der Waals surface area contributed by atoms with Crippen LogP contribution in [0.4, 0.5) is 0 Å². The summed E-state index contributed by atoms with van der Waals surface area (Å²) in [6.45, 7) is 8.49. The molecule has 2 saturated carbocycles. The van der Waals surface area contributed by atoms with Gasteiger partial charge in [-0.25, -0.2) is 0 Å². The average molecular weight is 290 g/mol. The van der Waals surface area contributed by atoms with Crippen LogP contribution in [-0.4, -0.2) is 0 Å². The van der Waals surface area contributed by atoms with E-state index in [1.54, 1.807) is 0 Å². The Morgan fingerprint density at radius 2 is 0.810 bits per heavy atom. The molecule has 2 fully saturated rings. The quantitative estimate of drug-likeness (QED) is 0.520. The molecule has 0 aliphatic heterocycles. The van der Waals surface area contributed by atoms with Gasteiger partial charge < -0.3 is 4.74 Å². The van der Waals surface area contributed by atoms with Gasteiger partial charge >= 0.3 is 0 Å². The summed E-state index contributed by atoms with van der Waals surface area (Å²) in [5, 5.41) is 0. The van der Waals surface area contributed by atoms with Crippen molar-refractivity contribution in [3.8, 4) is 0 Å². The summed E-state index contributed by atoms with van der Waals surface area (Å²) in [5.74, 6) is 3.14. The smallest absolute Gasteiger partial charge is 0.0995 e. The summed E-state index contributed by atoms with van der Waals surface area (Å²) in [4.78, 5) is 0. The molecule has 1 nitrogen and oxygen atoms in total. The van der Waals surface area contributed by atoms with E-state index in [-0.39, 0.29) is 0 Å². The van der Waals surface area contributed by atoms with Gasteiger partial charge in [0.15, 0.2) is 0 Å². The van der Waals surface area contributed by atoms with E-state index in [4.69, 9.17) is 4.74 Å². The summed E-state index contributed by atoms with van der Waals surface area (Å²) in [6.07, 6.45) is 18.7. The number of rotatable bonds is 4. The second kappa shape index (κ2) is 9.33. The molecule has 0 heterocycles. The molecule has 0 saturated heterocycles. The highest BCUT2D eigenvalue weighted by molar-refractivity contribution is 5.01.